The summed E-state index contributed by atoms with van der Waals surface area (Å²) in [4.78, 5) is 0. The lowest BCUT2D eigenvalue weighted by Crippen LogP contribution is -2.34. The van der Waals surface area contributed by atoms with Crippen molar-refractivity contribution in [2.24, 2.45) is 0 Å². The fourth-order valence-corrected chi connectivity index (χ4v) is 3.02. The van der Waals surface area contributed by atoms with Gasteiger partial charge >= 0.3 is 0 Å². The molecule has 0 saturated carbocycles. The first kappa shape index (κ1) is 13.4. The minimum absolute atomic E-state index is 0.586. The molecular formula is C19H23N. The predicted molar refractivity (Wildman–Crippen MR) is 85.1 cm³/mol. The Kier molecular flexibility index (Phi) is 4.17. The van der Waals surface area contributed by atoms with E-state index in [9.17, 15) is 0 Å². The maximum atomic E-state index is 3.70. The second-order valence-electron chi connectivity index (χ2n) is 5.93. The van der Waals surface area contributed by atoms with Crippen LogP contribution >= 0.6 is 0 Å². The van der Waals surface area contributed by atoms with E-state index in [0.717, 1.165) is 18.9 Å². The average molecular weight is 265 g/mol. The van der Waals surface area contributed by atoms with Crippen LogP contribution in [0.1, 0.15) is 36.0 Å². The van der Waals surface area contributed by atoms with E-state index in [1.165, 1.54) is 24.0 Å². The molecule has 0 amide bonds. The summed E-state index contributed by atoms with van der Waals surface area (Å²) in [5.74, 6) is 0.727. The molecule has 104 valence electrons. The van der Waals surface area contributed by atoms with Crippen molar-refractivity contribution < 1.29 is 0 Å². The number of hydrogen-bond donors (Lipinski definition) is 1. The molecule has 2 unspecified atom stereocenters. The third-order valence-corrected chi connectivity index (χ3v) is 4.38. The molecule has 2 atom stereocenters. The standard InChI is InChI=1S/C19H23N/c1-15(11-12-16-7-3-2-4-8-16)20-14-18-13-17-9-5-6-10-19(17)18/h2-10,15,18,20H,11-14H2,1H3. The Bertz CT molecular complexity index is 547. The van der Waals surface area contributed by atoms with Crippen LogP contribution in [0.3, 0.4) is 0 Å². The lowest BCUT2D eigenvalue weighted by atomic mass is 9.77. The Morgan fingerprint density at radius 3 is 2.60 bits per heavy atom. The van der Waals surface area contributed by atoms with Gasteiger partial charge in [0.2, 0.25) is 0 Å². The van der Waals surface area contributed by atoms with Crippen molar-refractivity contribution in [2.45, 2.75) is 38.1 Å². The Balaban J connectivity index is 1.41. The number of nitrogens with one attached hydrogen (secondary N) is 1. The summed E-state index contributed by atoms with van der Waals surface area (Å²) < 4.78 is 0. The van der Waals surface area contributed by atoms with E-state index in [1.54, 1.807) is 5.56 Å². The number of aryl methyl sites for hydroxylation is 1. The number of fused-ring (bicyclic) bond motifs is 1. The third-order valence-electron chi connectivity index (χ3n) is 4.38. The van der Waals surface area contributed by atoms with Crippen molar-refractivity contribution in [3.05, 3.63) is 71.3 Å². The molecule has 20 heavy (non-hydrogen) atoms. The summed E-state index contributed by atoms with van der Waals surface area (Å²) in [6, 6.07) is 20.2. The van der Waals surface area contributed by atoms with E-state index in [2.05, 4.69) is 66.8 Å². The maximum Gasteiger partial charge on any atom is 0.00421 e. The van der Waals surface area contributed by atoms with E-state index < -0.39 is 0 Å². The van der Waals surface area contributed by atoms with E-state index in [0.29, 0.717) is 6.04 Å². The molecule has 0 heterocycles. The fourth-order valence-electron chi connectivity index (χ4n) is 3.02. The molecule has 1 aliphatic carbocycles. The van der Waals surface area contributed by atoms with Gasteiger partial charge in [-0.2, -0.15) is 0 Å². The highest BCUT2D eigenvalue weighted by molar-refractivity contribution is 5.40. The van der Waals surface area contributed by atoms with Gasteiger partial charge in [0.15, 0.2) is 0 Å². The van der Waals surface area contributed by atoms with Crippen molar-refractivity contribution in [3.63, 3.8) is 0 Å². The van der Waals surface area contributed by atoms with Crippen LogP contribution < -0.4 is 5.32 Å². The zero-order chi connectivity index (χ0) is 13.8. The number of benzene rings is 2. The molecule has 0 aromatic heterocycles. The van der Waals surface area contributed by atoms with Crippen LogP contribution in [0.15, 0.2) is 54.6 Å². The smallest absolute Gasteiger partial charge is 0.00421 e. The van der Waals surface area contributed by atoms with Crippen LogP contribution in [-0.2, 0) is 12.8 Å². The van der Waals surface area contributed by atoms with Gasteiger partial charge in [0, 0.05) is 18.5 Å². The summed E-state index contributed by atoms with van der Waals surface area (Å²) in [5.41, 5.74) is 4.53. The molecule has 3 rings (SSSR count). The van der Waals surface area contributed by atoms with Gasteiger partial charge in [-0.3, -0.25) is 0 Å². The molecule has 1 heteroatoms. The highest BCUT2D eigenvalue weighted by atomic mass is 14.9. The van der Waals surface area contributed by atoms with Crippen LogP contribution in [0.5, 0.6) is 0 Å². The Hall–Kier alpha value is -1.60. The minimum Gasteiger partial charge on any atom is -0.314 e. The average Bonchev–Trinajstić information content (AvgIpc) is 2.47. The quantitative estimate of drug-likeness (QED) is 0.834. The SMILES string of the molecule is CC(CCc1ccccc1)NCC1Cc2ccccc21. The third kappa shape index (κ3) is 3.10. The minimum atomic E-state index is 0.586. The maximum absolute atomic E-state index is 3.70. The van der Waals surface area contributed by atoms with Crippen LogP contribution in [0, 0.1) is 0 Å². The topological polar surface area (TPSA) is 12.0 Å². The first-order valence-electron chi connectivity index (χ1n) is 7.68. The molecule has 0 bridgehead atoms. The zero-order valence-electron chi connectivity index (χ0n) is 12.2. The monoisotopic (exact) mass is 265 g/mol. The summed E-state index contributed by atoms with van der Waals surface area (Å²) in [7, 11) is 0. The molecule has 1 nitrogen and oxygen atoms in total. The molecule has 1 aliphatic rings. The lowest BCUT2D eigenvalue weighted by Gasteiger charge is -2.31. The summed E-state index contributed by atoms with van der Waals surface area (Å²) in [6.07, 6.45) is 3.61. The fraction of sp³-hybridized carbons (Fsp3) is 0.368. The Morgan fingerprint density at radius 1 is 1.05 bits per heavy atom. The molecule has 0 fully saturated rings. The van der Waals surface area contributed by atoms with E-state index in [4.69, 9.17) is 0 Å². The first-order valence-corrected chi connectivity index (χ1v) is 7.68. The van der Waals surface area contributed by atoms with Gasteiger partial charge in [-0.25, -0.2) is 0 Å². The van der Waals surface area contributed by atoms with Crippen molar-refractivity contribution in [1.82, 2.24) is 5.32 Å². The van der Waals surface area contributed by atoms with Gasteiger partial charge in [-0.1, -0.05) is 54.6 Å². The number of hydrogen-bond acceptors (Lipinski definition) is 1. The van der Waals surface area contributed by atoms with Crippen LogP contribution in [0.25, 0.3) is 0 Å². The highest BCUT2D eigenvalue weighted by Gasteiger charge is 2.25. The first-order chi connectivity index (χ1) is 9.83. The summed E-state index contributed by atoms with van der Waals surface area (Å²) in [5, 5.41) is 3.70. The molecule has 1 N–H and O–H groups in total. The number of rotatable bonds is 6. The Labute approximate surface area is 122 Å². The second-order valence-corrected chi connectivity index (χ2v) is 5.93. The lowest BCUT2D eigenvalue weighted by molar-refractivity contribution is 0.461. The zero-order valence-corrected chi connectivity index (χ0v) is 12.2. The molecular weight excluding hydrogens is 242 g/mol. The van der Waals surface area contributed by atoms with E-state index >= 15 is 0 Å². The molecule has 0 saturated heterocycles. The normalized spacial score (nSPS) is 18.1. The van der Waals surface area contributed by atoms with Gasteiger partial charge in [0.25, 0.3) is 0 Å². The molecule has 0 spiro atoms. The van der Waals surface area contributed by atoms with Crippen LogP contribution in [0.4, 0.5) is 0 Å². The molecule has 2 aromatic carbocycles. The molecule has 2 aromatic rings. The molecule has 0 radical (unpaired) electrons. The summed E-state index contributed by atoms with van der Waals surface area (Å²) in [6.45, 7) is 3.42. The highest BCUT2D eigenvalue weighted by Crippen LogP contribution is 2.34. The van der Waals surface area contributed by atoms with Crippen molar-refractivity contribution >= 4 is 0 Å². The van der Waals surface area contributed by atoms with Gasteiger partial charge < -0.3 is 5.32 Å². The van der Waals surface area contributed by atoms with Gasteiger partial charge in [0.1, 0.15) is 0 Å². The van der Waals surface area contributed by atoms with Crippen molar-refractivity contribution in [2.75, 3.05) is 6.54 Å². The van der Waals surface area contributed by atoms with Crippen LogP contribution in [0.2, 0.25) is 0 Å². The second kappa shape index (κ2) is 6.23. The van der Waals surface area contributed by atoms with Crippen molar-refractivity contribution in [1.29, 1.82) is 0 Å². The molecule has 0 aliphatic heterocycles. The summed E-state index contributed by atoms with van der Waals surface area (Å²) >= 11 is 0. The van der Waals surface area contributed by atoms with Crippen molar-refractivity contribution in [3.8, 4) is 0 Å². The Morgan fingerprint density at radius 2 is 1.80 bits per heavy atom. The van der Waals surface area contributed by atoms with E-state index in [-0.39, 0.29) is 0 Å². The van der Waals surface area contributed by atoms with Gasteiger partial charge in [0.05, 0.1) is 0 Å². The van der Waals surface area contributed by atoms with E-state index in [1.807, 2.05) is 0 Å². The van der Waals surface area contributed by atoms with Gasteiger partial charge in [-0.15, -0.1) is 0 Å². The predicted octanol–water partition coefficient (Wildman–Crippen LogP) is 3.94. The largest absolute Gasteiger partial charge is 0.314 e. The van der Waals surface area contributed by atoms with Crippen LogP contribution in [-0.4, -0.2) is 12.6 Å². The van der Waals surface area contributed by atoms with Gasteiger partial charge in [-0.05, 0) is 42.9 Å².